The van der Waals surface area contributed by atoms with Gasteiger partial charge in [-0.2, -0.15) is 17.6 Å². The van der Waals surface area contributed by atoms with Gasteiger partial charge in [0.25, 0.3) is 0 Å². The fourth-order valence-electron chi connectivity index (χ4n) is 1.65. The highest BCUT2D eigenvalue weighted by atomic mass is 32.2. The molecule has 20 heavy (non-hydrogen) atoms. The van der Waals surface area contributed by atoms with Gasteiger partial charge in [-0.05, 0) is 51.8 Å². The number of halogens is 3. The molecule has 0 bridgehead atoms. The Morgan fingerprint density at radius 1 is 1.20 bits per heavy atom. The molecule has 1 rings (SSSR count). The van der Waals surface area contributed by atoms with Crippen LogP contribution in [0.5, 0.6) is 0 Å². The van der Waals surface area contributed by atoms with Crippen LogP contribution in [-0.2, 0) is 17.2 Å². The Labute approximate surface area is 119 Å². The molecule has 0 aliphatic rings. The lowest BCUT2D eigenvalue weighted by molar-refractivity contribution is -0.138. The molecule has 0 amide bonds. The van der Waals surface area contributed by atoms with E-state index in [1.54, 1.807) is 33.8 Å². The van der Waals surface area contributed by atoms with Crippen LogP contribution in [0.25, 0.3) is 0 Å². The zero-order chi connectivity index (χ0) is 15.7. The average molecular weight is 305 g/mol. The summed E-state index contributed by atoms with van der Waals surface area (Å²) in [7, 11) is -1.50. The molecule has 0 heterocycles. The first kappa shape index (κ1) is 16.9. The van der Waals surface area contributed by atoms with E-state index in [2.05, 4.69) is 4.40 Å². The molecule has 0 N–H and O–H groups in total. The van der Waals surface area contributed by atoms with Gasteiger partial charge in [-0.3, -0.25) is 0 Å². The van der Waals surface area contributed by atoms with Crippen molar-refractivity contribution in [1.29, 1.82) is 0 Å². The monoisotopic (exact) mass is 305 g/mol. The van der Waals surface area contributed by atoms with Crippen molar-refractivity contribution in [3.05, 3.63) is 34.9 Å². The van der Waals surface area contributed by atoms with Crippen molar-refractivity contribution in [2.75, 3.05) is 0 Å². The van der Waals surface area contributed by atoms with Crippen molar-refractivity contribution in [2.45, 2.75) is 45.5 Å². The lowest BCUT2D eigenvalue weighted by Crippen LogP contribution is -2.21. The third kappa shape index (κ3) is 3.91. The average Bonchev–Trinajstić information content (AvgIpc) is 2.26. The molecule has 0 aliphatic heterocycles. The summed E-state index contributed by atoms with van der Waals surface area (Å²) in [4.78, 5) is 0. The number of nitrogens with zero attached hydrogens (tertiary/aromatic N) is 1. The SMILES string of the molecule is CC(=N[S@](=O)C(C)(C)C)c1cccc(C(F)(F)F)c1C. The van der Waals surface area contributed by atoms with Crippen molar-refractivity contribution in [1.82, 2.24) is 0 Å². The summed E-state index contributed by atoms with van der Waals surface area (Å²) in [6.07, 6.45) is -4.40. The van der Waals surface area contributed by atoms with Gasteiger partial charge in [0.05, 0.1) is 16.0 Å². The highest BCUT2D eigenvalue weighted by molar-refractivity contribution is 7.85. The smallest absolute Gasteiger partial charge is 0.234 e. The summed E-state index contributed by atoms with van der Waals surface area (Å²) in [6.45, 7) is 8.26. The van der Waals surface area contributed by atoms with Crippen LogP contribution in [0.2, 0.25) is 0 Å². The topological polar surface area (TPSA) is 29.4 Å². The molecule has 0 aliphatic carbocycles. The maximum atomic E-state index is 12.8. The van der Waals surface area contributed by atoms with E-state index in [4.69, 9.17) is 0 Å². The predicted octanol–water partition coefficient (Wildman–Crippen LogP) is 4.29. The van der Waals surface area contributed by atoms with Crippen LogP contribution in [-0.4, -0.2) is 14.7 Å². The molecule has 0 radical (unpaired) electrons. The first-order valence-corrected chi connectivity index (χ1v) is 7.19. The minimum atomic E-state index is -4.40. The third-order valence-electron chi connectivity index (χ3n) is 2.77. The summed E-state index contributed by atoms with van der Waals surface area (Å²) in [5.74, 6) is 0. The Hall–Kier alpha value is -1.17. The zero-order valence-electron chi connectivity index (χ0n) is 12.1. The number of alkyl halides is 3. The Balaban J connectivity index is 3.29. The maximum absolute atomic E-state index is 12.8. The molecular formula is C14H18F3NOS. The number of rotatable bonds is 2. The first-order valence-electron chi connectivity index (χ1n) is 6.09. The van der Waals surface area contributed by atoms with Gasteiger partial charge in [-0.1, -0.05) is 12.1 Å². The Morgan fingerprint density at radius 3 is 2.20 bits per heavy atom. The van der Waals surface area contributed by atoms with Gasteiger partial charge in [0.15, 0.2) is 0 Å². The lowest BCUT2D eigenvalue weighted by Gasteiger charge is -2.16. The van der Waals surface area contributed by atoms with Crippen LogP contribution in [0.3, 0.4) is 0 Å². The molecule has 0 aromatic heterocycles. The quantitative estimate of drug-likeness (QED) is 0.750. The van der Waals surface area contributed by atoms with E-state index in [0.717, 1.165) is 6.07 Å². The Kier molecular flexibility index (Phi) is 4.79. The van der Waals surface area contributed by atoms with Crippen molar-refractivity contribution in [3.8, 4) is 0 Å². The molecule has 1 aromatic carbocycles. The van der Waals surface area contributed by atoms with Gasteiger partial charge in [-0.15, -0.1) is 0 Å². The molecule has 2 nitrogen and oxygen atoms in total. The normalized spacial score (nSPS) is 15.3. The fraction of sp³-hybridized carbons (Fsp3) is 0.500. The standard InChI is InChI=1S/C14H18F3NOS/c1-9-11(7-6-8-12(9)14(15,16)17)10(2)18-20(19)13(3,4)5/h6-8H,1-5H3/t20-/m1/s1. The lowest BCUT2D eigenvalue weighted by atomic mass is 9.99. The van der Waals surface area contributed by atoms with E-state index >= 15 is 0 Å². The molecule has 112 valence electrons. The van der Waals surface area contributed by atoms with Gasteiger partial charge < -0.3 is 0 Å². The van der Waals surface area contributed by atoms with Crippen molar-refractivity contribution in [3.63, 3.8) is 0 Å². The number of hydrogen-bond acceptors (Lipinski definition) is 1. The highest BCUT2D eigenvalue weighted by Gasteiger charge is 2.33. The third-order valence-corrected chi connectivity index (χ3v) is 4.26. The van der Waals surface area contributed by atoms with Crippen LogP contribution in [0.4, 0.5) is 13.2 Å². The molecule has 0 spiro atoms. The molecule has 0 fully saturated rings. The van der Waals surface area contributed by atoms with Crippen molar-refractivity contribution >= 4 is 16.7 Å². The zero-order valence-corrected chi connectivity index (χ0v) is 12.9. The number of benzene rings is 1. The second-order valence-electron chi connectivity index (χ2n) is 5.51. The summed E-state index contributed by atoms with van der Waals surface area (Å²) < 4.78 is 54.0. The van der Waals surface area contributed by atoms with E-state index in [9.17, 15) is 17.4 Å². The Bertz CT molecular complexity index is 557. The van der Waals surface area contributed by atoms with E-state index in [-0.39, 0.29) is 5.56 Å². The molecule has 0 saturated heterocycles. The van der Waals surface area contributed by atoms with Crippen LogP contribution < -0.4 is 0 Å². The Morgan fingerprint density at radius 2 is 1.75 bits per heavy atom. The fourth-order valence-corrected chi connectivity index (χ4v) is 2.27. The van der Waals surface area contributed by atoms with Gasteiger partial charge in [0, 0.05) is 0 Å². The van der Waals surface area contributed by atoms with Crippen LogP contribution in [0.1, 0.15) is 44.4 Å². The first-order chi connectivity index (χ1) is 8.94. The molecule has 0 saturated carbocycles. The van der Waals surface area contributed by atoms with Gasteiger partial charge >= 0.3 is 6.18 Å². The predicted molar refractivity (Wildman–Crippen MR) is 76.3 cm³/mol. The molecule has 1 atom stereocenters. The highest BCUT2D eigenvalue weighted by Crippen LogP contribution is 2.33. The van der Waals surface area contributed by atoms with E-state index in [1.807, 2.05) is 0 Å². The second-order valence-corrected chi connectivity index (χ2v) is 7.42. The minimum absolute atomic E-state index is 0.104. The number of hydrogen-bond donors (Lipinski definition) is 0. The molecular weight excluding hydrogens is 287 g/mol. The molecule has 6 heteroatoms. The summed E-state index contributed by atoms with van der Waals surface area (Å²) in [5, 5.41) is 0. The summed E-state index contributed by atoms with van der Waals surface area (Å²) in [6, 6.07) is 3.93. The summed E-state index contributed by atoms with van der Waals surface area (Å²) in [5.41, 5.74) is 0.137. The second kappa shape index (κ2) is 5.68. The van der Waals surface area contributed by atoms with Gasteiger partial charge in [-0.25, -0.2) is 4.21 Å². The maximum Gasteiger partial charge on any atom is 0.416 e. The van der Waals surface area contributed by atoms with E-state index in [1.165, 1.54) is 13.0 Å². The van der Waals surface area contributed by atoms with E-state index < -0.39 is 27.5 Å². The minimum Gasteiger partial charge on any atom is -0.234 e. The van der Waals surface area contributed by atoms with Crippen LogP contribution >= 0.6 is 0 Å². The van der Waals surface area contributed by atoms with Gasteiger partial charge in [0.1, 0.15) is 11.0 Å². The van der Waals surface area contributed by atoms with Gasteiger partial charge in [0.2, 0.25) is 0 Å². The molecule has 1 aromatic rings. The molecule has 0 unspecified atom stereocenters. The van der Waals surface area contributed by atoms with E-state index in [0.29, 0.717) is 11.3 Å². The largest absolute Gasteiger partial charge is 0.416 e. The van der Waals surface area contributed by atoms with Crippen molar-refractivity contribution < 1.29 is 17.4 Å². The summed E-state index contributed by atoms with van der Waals surface area (Å²) >= 11 is 0. The van der Waals surface area contributed by atoms with Crippen LogP contribution in [0, 0.1) is 6.92 Å². The van der Waals surface area contributed by atoms with Crippen LogP contribution in [0.15, 0.2) is 22.6 Å². The van der Waals surface area contributed by atoms with Crippen molar-refractivity contribution in [2.24, 2.45) is 4.40 Å².